The van der Waals surface area contributed by atoms with Crippen LogP contribution in [0, 0.1) is 0 Å². The molecule has 2 aromatic carbocycles. The third kappa shape index (κ3) is 2.25. The Balaban J connectivity index is 1.79. The van der Waals surface area contributed by atoms with Gasteiger partial charge in [-0.25, -0.2) is 0 Å². The third-order valence-electron chi connectivity index (χ3n) is 3.13. The lowest BCUT2D eigenvalue weighted by molar-refractivity contribution is -0.117. The topological polar surface area (TPSA) is 58.6 Å². The van der Waals surface area contributed by atoms with Crippen molar-refractivity contribution in [3.05, 3.63) is 54.1 Å². The third-order valence-corrected chi connectivity index (χ3v) is 3.13. The first-order valence-electron chi connectivity index (χ1n) is 6.05. The molecule has 3 rings (SSSR count). The van der Waals surface area contributed by atoms with Crippen LogP contribution >= 0.6 is 0 Å². The molecule has 0 radical (unpaired) electrons. The lowest BCUT2D eigenvalue weighted by atomic mass is 10.0. The van der Waals surface area contributed by atoms with E-state index in [9.17, 15) is 9.90 Å². The second-order valence-corrected chi connectivity index (χ2v) is 4.44. The highest BCUT2D eigenvalue weighted by molar-refractivity contribution is 5.97. The van der Waals surface area contributed by atoms with Gasteiger partial charge in [0, 0.05) is 17.3 Å². The molecule has 2 aromatic rings. The number of benzene rings is 2. The first-order chi connectivity index (χ1) is 9.24. The number of para-hydroxylation sites is 1. The lowest BCUT2D eigenvalue weighted by Gasteiger charge is -2.10. The molecule has 1 heterocycles. The van der Waals surface area contributed by atoms with E-state index in [4.69, 9.17) is 4.74 Å². The van der Waals surface area contributed by atoms with Gasteiger partial charge in [-0.1, -0.05) is 24.3 Å². The van der Waals surface area contributed by atoms with Crippen molar-refractivity contribution in [3.63, 3.8) is 0 Å². The maximum Gasteiger partial charge on any atom is 0.235 e. The van der Waals surface area contributed by atoms with E-state index >= 15 is 0 Å². The average molecular weight is 255 g/mol. The summed E-state index contributed by atoms with van der Waals surface area (Å²) >= 11 is 0. The molecule has 0 aromatic heterocycles. The number of phenols is 1. The van der Waals surface area contributed by atoms with E-state index in [0.717, 1.165) is 11.3 Å². The van der Waals surface area contributed by atoms with Gasteiger partial charge >= 0.3 is 0 Å². The van der Waals surface area contributed by atoms with Crippen molar-refractivity contribution in [2.75, 3.05) is 11.9 Å². The fraction of sp³-hybridized carbons (Fsp3) is 0.133. The Morgan fingerprint density at radius 3 is 2.89 bits per heavy atom. The molecule has 0 spiro atoms. The zero-order chi connectivity index (χ0) is 13.2. The second-order valence-electron chi connectivity index (χ2n) is 4.44. The van der Waals surface area contributed by atoms with Crippen LogP contribution in [-0.4, -0.2) is 17.6 Å². The van der Waals surface area contributed by atoms with Gasteiger partial charge in [-0.05, 0) is 18.2 Å². The van der Waals surface area contributed by atoms with Gasteiger partial charge in [-0.3, -0.25) is 4.79 Å². The minimum absolute atomic E-state index is 0.126. The summed E-state index contributed by atoms with van der Waals surface area (Å²) in [6.07, 6.45) is 0. The molecule has 1 aliphatic heterocycles. The van der Waals surface area contributed by atoms with Crippen LogP contribution in [-0.2, 0) is 4.79 Å². The van der Waals surface area contributed by atoms with E-state index in [1.165, 1.54) is 6.07 Å². The Morgan fingerprint density at radius 1 is 1.21 bits per heavy atom. The van der Waals surface area contributed by atoms with Crippen LogP contribution in [0.5, 0.6) is 11.5 Å². The van der Waals surface area contributed by atoms with Crippen LogP contribution in [0.4, 0.5) is 5.69 Å². The second kappa shape index (κ2) is 4.65. The standard InChI is InChI=1S/C15H13NO3/c17-11-5-3-4-10(8-11)16-15(18)13-9-19-14-7-2-1-6-12(13)14/h1-8,13,17H,9H2,(H,16,18). The molecule has 0 bridgehead atoms. The summed E-state index contributed by atoms with van der Waals surface area (Å²) in [6, 6.07) is 14.0. The van der Waals surface area contributed by atoms with E-state index in [-0.39, 0.29) is 17.6 Å². The highest BCUT2D eigenvalue weighted by Crippen LogP contribution is 2.34. The zero-order valence-corrected chi connectivity index (χ0v) is 10.2. The molecule has 2 N–H and O–H groups in total. The lowest BCUT2D eigenvalue weighted by Crippen LogP contribution is -2.22. The number of rotatable bonds is 2. The summed E-state index contributed by atoms with van der Waals surface area (Å²) in [7, 11) is 0. The number of amides is 1. The molecule has 0 aliphatic carbocycles. The SMILES string of the molecule is O=C(Nc1cccc(O)c1)C1COc2ccccc21. The maximum absolute atomic E-state index is 12.2. The number of hydrogen-bond donors (Lipinski definition) is 2. The first-order valence-corrected chi connectivity index (χ1v) is 6.05. The number of carbonyl (C=O) groups excluding carboxylic acids is 1. The van der Waals surface area contributed by atoms with Crippen LogP contribution in [0.2, 0.25) is 0 Å². The molecule has 0 fully saturated rings. The Kier molecular flexibility index (Phi) is 2.83. The molecule has 96 valence electrons. The van der Waals surface area contributed by atoms with Gasteiger partial charge < -0.3 is 15.2 Å². The minimum Gasteiger partial charge on any atom is -0.508 e. The van der Waals surface area contributed by atoms with Crippen molar-refractivity contribution in [2.45, 2.75) is 5.92 Å². The number of anilines is 1. The molecule has 1 unspecified atom stereocenters. The molecule has 1 aliphatic rings. The Labute approximate surface area is 110 Å². The summed E-state index contributed by atoms with van der Waals surface area (Å²) in [5.41, 5.74) is 1.48. The van der Waals surface area contributed by atoms with Gasteiger partial charge in [0.05, 0.1) is 0 Å². The predicted molar refractivity (Wildman–Crippen MR) is 71.4 cm³/mol. The molecule has 4 heteroatoms. The van der Waals surface area contributed by atoms with E-state index in [1.807, 2.05) is 24.3 Å². The number of nitrogens with one attached hydrogen (secondary N) is 1. The van der Waals surface area contributed by atoms with Crippen molar-refractivity contribution in [2.24, 2.45) is 0 Å². The molecule has 0 saturated heterocycles. The smallest absolute Gasteiger partial charge is 0.235 e. The van der Waals surface area contributed by atoms with Crippen molar-refractivity contribution in [1.29, 1.82) is 0 Å². The van der Waals surface area contributed by atoms with Crippen molar-refractivity contribution in [1.82, 2.24) is 0 Å². The van der Waals surface area contributed by atoms with Crippen LogP contribution in [0.15, 0.2) is 48.5 Å². The molecular weight excluding hydrogens is 242 g/mol. The van der Waals surface area contributed by atoms with Crippen LogP contribution < -0.4 is 10.1 Å². The Morgan fingerprint density at radius 2 is 2.05 bits per heavy atom. The normalized spacial score (nSPS) is 16.5. The van der Waals surface area contributed by atoms with Gasteiger partial charge in [0.2, 0.25) is 5.91 Å². The summed E-state index contributed by atoms with van der Waals surface area (Å²) in [5.74, 6) is 0.452. The largest absolute Gasteiger partial charge is 0.508 e. The summed E-state index contributed by atoms with van der Waals surface area (Å²) in [5, 5.41) is 12.2. The van der Waals surface area contributed by atoms with Crippen LogP contribution in [0.1, 0.15) is 11.5 Å². The number of carbonyl (C=O) groups is 1. The van der Waals surface area contributed by atoms with Gasteiger partial charge in [0.25, 0.3) is 0 Å². The fourth-order valence-electron chi connectivity index (χ4n) is 2.19. The summed E-state index contributed by atoms with van der Waals surface area (Å²) in [4.78, 5) is 12.2. The number of hydrogen-bond acceptors (Lipinski definition) is 3. The highest BCUT2D eigenvalue weighted by Gasteiger charge is 2.29. The van der Waals surface area contributed by atoms with E-state index < -0.39 is 0 Å². The summed E-state index contributed by atoms with van der Waals surface area (Å²) in [6.45, 7) is 0.351. The van der Waals surface area contributed by atoms with E-state index in [0.29, 0.717) is 12.3 Å². The van der Waals surface area contributed by atoms with E-state index in [2.05, 4.69) is 5.32 Å². The van der Waals surface area contributed by atoms with Gasteiger partial charge in [-0.2, -0.15) is 0 Å². The molecule has 19 heavy (non-hydrogen) atoms. The molecule has 1 atom stereocenters. The number of fused-ring (bicyclic) bond motifs is 1. The predicted octanol–water partition coefficient (Wildman–Crippen LogP) is 2.51. The maximum atomic E-state index is 12.2. The van der Waals surface area contributed by atoms with Crippen LogP contribution in [0.25, 0.3) is 0 Å². The average Bonchev–Trinajstić information content (AvgIpc) is 2.82. The Bertz CT molecular complexity index is 624. The quantitative estimate of drug-likeness (QED) is 0.866. The molecule has 1 amide bonds. The number of phenolic OH excluding ortho intramolecular Hbond substituents is 1. The van der Waals surface area contributed by atoms with E-state index in [1.54, 1.807) is 18.2 Å². The molecule has 4 nitrogen and oxygen atoms in total. The molecule has 0 saturated carbocycles. The number of ether oxygens (including phenoxy) is 1. The zero-order valence-electron chi connectivity index (χ0n) is 10.2. The summed E-state index contributed by atoms with van der Waals surface area (Å²) < 4.78 is 5.48. The van der Waals surface area contributed by atoms with Gasteiger partial charge in [-0.15, -0.1) is 0 Å². The number of aromatic hydroxyl groups is 1. The fourth-order valence-corrected chi connectivity index (χ4v) is 2.19. The van der Waals surface area contributed by atoms with Crippen molar-refractivity contribution < 1.29 is 14.6 Å². The van der Waals surface area contributed by atoms with Gasteiger partial charge in [0.1, 0.15) is 24.0 Å². The monoisotopic (exact) mass is 255 g/mol. The van der Waals surface area contributed by atoms with Gasteiger partial charge in [0.15, 0.2) is 0 Å². The highest BCUT2D eigenvalue weighted by atomic mass is 16.5. The van der Waals surface area contributed by atoms with Crippen molar-refractivity contribution in [3.8, 4) is 11.5 Å². The van der Waals surface area contributed by atoms with Crippen molar-refractivity contribution >= 4 is 11.6 Å². The van der Waals surface area contributed by atoms with Crippen LogP contribution in [0.3, 0.4) is 0 Å². The minimum atomic E-state index is -0.307. The first kappa shape index (κ1) is 11.6. The molecular formula is C15H13NO3. The Hall–Kier alpha value is -2.49.